The summed E-state index contributed by atoms with van der Waals surface area (Å²) in [5.41, 5.74) is 4.77. The summed E-state index contributed by atoms with van der Waals surface area (Å²) in [5.74, 6) is 0. The molecule has 112 valence electrons. The molecule has 1 heterocycles. The van der Waals surface area contributed by atoms with E-state index in [2.05, 4.69) is 31.2 Å². The van der Waals surface area contributed by atoms with Crippen molar-refractivity contribution < 1.29 is 4.42 Å². The number of hydrogen-bond acceptors (Lipinski definition) is 2. The van der Waals surface area contributed by atoms with Gasteiger partial charge in [0.1, 0.15) is 11.2 Å². The summed E-state index contributed by atoms with van der Waals surface area (Å²) in [6.45, 7) is 2.14. The normalized spacial score (nSPS) is 11.2. The SMILES string of the molecule is CCc1ccc(-c2ccc3c(=O)c4ccccc4oc3c2)cc1. The van der Waals surface area contributed by atoms with Crippen LogP contribution in [0.5, 0.6) is 0 Å². The number of benzene rings is 3. The summed E-state index contributed by atoms with van der Waals surface area (Å²) in [7, 11) is 0. The Labute approximate surface area is 134 Å². The second-order valence-electron chi connectivity index (χ2n) is 5.69. The molecule has 0 bridgehead atoms. The minimum atomic E-state index is 0.0229. The van der Waals surface area contributed by atoms with Gasteiger partial charge in [-0.15, -0.1) is 0 Å². The molecule has 0 fully saturated rings. The maximum atomic E-state index is 12.6. The van der Waals surface area contributed by atoms with E-state index in [0.717, 1.165) is 17.5 Å². The smallest absolute Gasteiger partial charge is 0.200 e. The number of hydrogen-bond donors (Lipinski definition) is 0. The summed E-state index contributed by atoms with van der Waals surface area (Å²) < 4.78 is 5.93. The Kier molecular flexibility index (Phi) is 3.23. The molecule has 0 aliphatic rings. The molecule has 0 unspecified atom stereocenters. The zero-order valence-electron chi connectivity index (χ0n) is 12.9. The highest BCUT2D eigenvalue weighted by Crippen LogP contribution is 2.25. The Hall–Kier alpha value is -2.87. The highest BCUT2D eigenvalue weighted by molar-refractivity contribution is 5.91. The molecule has 0 atom stereocenters. The Balaban J connectivity index is 1.93. The lowest BCUT2D eigenvalue weighted by Crippen LogP contribution is -2.01. The van der Waals surface area contributed by atoms with Gasteiger partial charge in [0.25, 0.3) is 0 Å². The van der Waals surface area contributed by atoms with Gasteiger partial charge >= 0.3 is 0 Å². The van der Waals surface area contributed by atoms with Crippen LogP contribution in [0.2, 0.25) is 0 Å². The van der Waals surface area contributed by atoms with Crippen molar-refractivity contribution in [3.05, 3.63) is 82.5 Å². The summed E-state index contributed by atoms with van der Waals surface area (Å²) in [5, 5.41) is 1.25. The van der Waals surface area contributed by atoms with E-state index < -0.39 is 0 Å². The van der Waals surface area contributed by atoms with Crippen molar-refractivity contribution in [3.8, 4) is 11.1 Å². The third-order valence-corrected chi connectivity index (χ3v) is 4.27. The number of aryl methyl sites for hydroxylation is 1. The first kappa shape index (κ1) is 13.8. The predicted octanol–water partition coefficient (Wildman–Crippen LogP) is 5.18. The molecule has 0 N–H and O–H groups in total. The lowest BCUT2D eigenvalue weighted by molar-refractivity contribution is 0.660. The van der Waals surface area contributed by atoms with Crippen molar-refractivity contribution in [2.75, 3.05) is 0 Å². The van der Waals surface area contributed by atoms with Crippen LogP contribution >= 0.6 is 0 Å². The molecule has 0 radical (unpaired) electrons. The third kappa shape index (κ3) is 2.33. The van der Waals surface area contributed by atoms with E-state index >= 15 is 0 Å². The molecular weight excluding hydrogens is 284 g/mol. The van der Waals surface area contributed by atoms with Gasteiger partial charge in [-0.25, -0.2) is 0 Å². The monoisotopic (exact) mass is 300 g/mol. The maximum absolute atomic E-state index is 12.6. The Morgan fingerprint density at radius 1 is 0.783 bits per heavy atom. The average Bonchev–Trinajstić information content (AvgIpc) is 2.61. The first-order valence-electron chi connectivity index (χ1n) is 7.81. The van der Waals surface area contributed by atoms with Gasteiger partial charge in [-0.2, -0.15) is 0 Å². The highest BCUT2D eigenvalue weighted by atomic mass is 16.3. The topological polar surface area (TPSA) is 30.2 Å². The van der Waals surface area contributed by atoms with Crippen LogP contribution in [-0.2, 0) is 6.42 Å². The summed E-state index contributed by atoms with van der Waals surface area (Å²) in [6.07, 6.45) is 1.03. The highest BCUT2D eigenvalue weighted by Gasteiger charge is 2.08. The quantitative estimate of drug-likeness (QED) is 0.478. The number of fused-ring (bicyclic) bond motifs is 2. The fraction of sp³-hybridized carbons (Fsp3) is 0.0952. The van der Waals surface area contributed by atoms with Crippen molar-refractivity contribution in [1.29, 1.82) is 0 Å². The van der Waals surface area contributed by atoms with E-state index in [-0.39, 0.29) is 5.43 Å². The largest absolute Gasteiger partial charge is 0.456 e. The fourth-order valence-corrected chi connectivity index (χ4v) is 2.91. The first-order chi connectivity index (χ1) is 11.3. The zero-order chi connectivity index (χ0) is 15.8. The fourth-order valence-electron chi connectivity index (χ4n) is 2.91. The summed E-state index contributed by atoms with van der Waals surface area (Å²) >= 11 is 0. The lowest BCUT2D eigenvalue weighted by Gasteiger charge is -2.06. The molecule has 2 heteroatoms. The van der Waals surface area contributed by atoms with E-state index in [1.165, 1.54) is 5.56 Å². The average molecular weight is 300 g/mol. The van der Waals surface area contributed by atoms with Gasteiger partial charge in [-0.3, -0.25) is 4.79 Å². The second-order valence-corrected chi connectivity index (χ2v) is 5.69. The van der Waals surface area contributed by atoms with Crippen LogP contribution in [0.15, 0.2) is 75.9 Å². The predicted molar refractivity (Wildman–Crippen MR) is 94.8 cm³/mol. The molecule has 1 aromatic heterocycles. The van der Waals surface area contributed by atoms with Crippen LogP contribution in [0.3, 0.4) is 0 Å². The summed E-state index contributed by atoms with van der Waals surface area (Å²) in [6, 6.07) is 21.6. The van der Waals surface area contributed by atoms with Crippen LogP contribution in [0.4, 0.5) is 0 Å². The third-order valence-electron chi connectivity index (χ3n) is 4.27. The van der Waals surface area contributed by atoms with Gasteiger partial charge in [0, 0.05) is 0 Å². The van der Waals surface area contributed by atoms with Crippen molar-refractivity contribution in [2.24, 2.45) is 0 Å². The minimum Gasteiger partial charge on any atom is -0.456 e. The molecule has 23 heavy (non-hydrogen) atoms. The molecule has 0 aliphatic carbocycles. The molecule has 4 rings (SSSR count). The van der Waals surface area contributed by atoms with Gasteiger partial charge in [-0.05, 0) is 47.4 Å². The first-order valence-corrected chi connectivity index (χ1v) is 7.81. The minimum absolute atomic E-state index is 0.0229. The second kappa shape index (κ2) is 5.40. The van der Waals surface area contributed by atoms with E-state index in [1.807, 2.05) is 36.4 Å². The molecule has 4 aromatic rings. The van der Waals surface area contributed by atoms with E-state index in [0.29, 0.717) is 21.9 Å². The van der Waals surface area contributed by atoms with Crippen LogP contribution in [-0.4, -0.2) is 0 Å². The van der Waals surface area contributed by atoms with Gasteiger partial charge in [0.05, 0.1) is 10.8 Å². The van der Waals surface area contributed by atoms with E-state index in [1.54, 1.807) is 6.07 Å². The Morgan fingerprint density at radius 2 is 1.48 bits per heavy atom. The van der Waals surface area contributed by atoms with Crippen LogP contribution in [0.1, 0.15) is 12.5 Å². The van der Waals surface area contributed by atoms with Crippen molar-refractivity contribution in [3.63, 3.8) is 0 Å². The maximum Gasteiger partial charge on any atom is 0.200 e. The Bertz CT molecular complexity index is 1060. The number of rotatable bonds is 2. The van der Waals surface area contributed by atoms with Crippen molar-refractivity contribution >= 4 is 21.9 Å². The van der Waals surface area contributed by atoms with Gasteiger partial charge in [0.2, 0.25) is 5.43 Å². The summed E-state index contributed by atoms with van der Waals surface area (Å²) in [4.78, 5) is 12.6. The molecule has 3 aromatic carbocycles. The van der Waals surface area contributed by atoms with Gasteiger partial charge in [0.15, 0.2) is 0 Å². The number of para-hydroxylation sites is 1. The molecule has 0 saturated heterocycles. The molecular formula is C21H16O2. The van der Waals surface area contributed by atoms with E-state index in [9.17, 15) is 4.79 Å². The van der Waals surface area contributed by atoms with Crippen LogP contribution in [0, 0.1) is 0 Å². The Morgan fingerprint density at radius 3 is 2.26 bits per heavy atom. The van der Waals surface area contributed by atoms with Crippen LogP contribution in [0.25, 0.3) is 33.1 Å². The molecule has 0 amide bonds. The lowest BCUT2D eigenvalue weighted by atomic mass is 10.0. The van der Waals surface area contributed by atoms with Gasteiger partial charge < -0.3 is 4.42 Å². The molecule has 0 aliphatic heterocycles. The molecule has 0 spiro atoms. The van der Waals surface area contributed by atoms with Crippen molar-refractivity contribution in [1.82, 2.24) is 0 Å². The molecule has 0 saturated carbocycles. The van der Waals surface area contributed by atoms with Crippen LogP contribution < -0.4 is 5.43 Å². The van der Waals surface area contributed by atoms with Crippen molar-refractivity contribution in [2.45, 2.75) is 13.3 Å². The standard InChI is InChI=1S/C21H16O2/c1-2-14-7-9-15(10-8-14)16-11-12-18-20(13-16)23-19-6-4-3-5-17(19)21(18)22/h3-13H,2H2,1H3. The zero-order valence-corrected chi connectivity index (χ0v) is 12.9. The van der Waals surface area contributed by atoms with E-state index in [4.69, 9.17) is 4.42 Å². The van der Waals surface area contributed by atoms with Gasteiger partial charge in [-0.1, -0.05) is 49.4 Å². The molecule has 2 nitrogen and oxygen atoms in total.